The number of nitrogens with one attached hydrogen (secondary N) is 1. The lowest BCUT2D eigenvalue weighted by molar-refractivity contribution is -0.122. The Morgan fingerprint density at radius 3 is 2.21 bits per heavy atom. The highest BCUT2D eigenvalue weighted by molar-refractivity contribution is 6.22. The van der Waals surface area contributed by atoms with E-state index in [1.165, 1.54) is 4.90 Å². The van der Waals surface area contributed by atoms with Gasteiger partial charge in [0.05, 0.1) is 17.5 Å². The molecule has 5 nitrogen and oxygen atoms in total. The number of allylic oxidation sites excluding steroid dienone is 2. The smallest absolute Gasteiger partial charge is 0.255 e. The molecule has 1 heterocycles. The molecule has 1 saturated heterocycles. The van der Waals surface area contributed by atoms with Crippen molar-refractivity contribution in [1.29, 1.82) is 0 Å². The standard InChI is InChI=1S/C24H24N2O3/c1-14-7-12-19-20(13-14)24(29)26(23(19)28)18-10-8-17(9-11-18)22(27)25-21-15(2)5-4-6-16(21)3/h4-11,19-20H,12-13H2,1-3H3,(H,25,27)/t19-,20+/m0/s1. The first-order chi connectivity index (χ1) is 13.9. The van der Waals surface area contributed by atoms with Crippen LogP contribution in [0.4, 0.5) is 11.4 Å². The largest absolute Gasteiger partial charge is 0.322 e. The number of para-hydroxylation sites is 1. The molecule has 2 aliphatic rings. The number of hydrogen-bond donors (Lipinski definition) is 1. The van der Waals surface area contributed by atoms with Gasteiger partial charge in [-0.15, -0.1) is 0 Å². The molecule has 2 atom stereocenters. The zero-order chi connectivity index (χ0) is 20.7. The van der Waals surface area contributed by atoms with Crippen LogP contribution in [0.15, 0.2) is 54.1 Å². The normalized spacial score (nSPS) is 21.1. The predicted octanol–water partition coefficient (Wildman–Crippen LogP) is 4.40. The van der Waals surface area contributed by atoms with Crippen LogP contribution >= 0.6 is 0 Å². The predicted molar refractivity (Wildman–Crippen MR) is 113 cm³/mol. The number of fused-ring (bicyclic) bond motifs is 1. The zero-order valence-electron chi connectivity index (χ0n) is 16.9. The van der Waals surface area contributed by atoms with Crippen LogP contribution in [0, 0.1) is 25.7 Å². The monoisotopic (exact) mass is 388 g/mol. The van der Waals surface area contributed by atoms with Crippen molar-refractivity contribution in [2.45, 2.75) is 33.6 Å². The number of rotatable bonds is 3. The topological polar surface area (TPSA) is 66.5 Å². The van der Waals surface area contributed by atoms with Crippen molar-refractivity contribution >= 4 is 29.1 Å². The van der Waals surface area contributed by atoms with Gasteiger partial charge in [0.15, 0.2) is 0 Å². The summed E-state index contributed by atoms with van der Waals surface area (Å²) in [7, 11) is 0. The fourth-order valence-corrected chi connectivity index (χ4v) is 4.25. The Labute approximate surface area is 170 Å². The van der Waals surface area contributed by atoms with E-state index in [0.29, 0.717) is 24.1 Å². The number of aryl methyl sites for hydroxylation is 2. The van der Waals surface area contributed by atoms with Gasteiger partial charge in [0.1, 0.15) is 0 Å². The van der Waals surface area contributed by atoms with E-state index < -0.39 is 0 Å². The van der Waals surface area contributed by atoms with Crippen LogP contribution in [0.3, 0.4) is 0 Å². The van der Waals surface area contributed by atoms with Gasteiger partial charge in [-0.3, -0.25) is 19.3 Å². The molecular weight excluding hydrogens is 364 g/mol. The molecule has 2 aromatic rings. The summed E-state index contributed by atoms with van der Waals surface area (Å²) in [5.74, 6) is -1.03. The molecule has 1 aliphatic heterocycles. The summed E-state index contributed by atoms with van der Waals surface area (Å²) >= 11 is 0. The molecule has 0 spiro atoms. The van der Waals surface area contributed by atoms with Gasteiger partial charge in [0, 0.05) is 11.3 Å². The number of carbonyl (C=O) groups excluding carboxylic acids is 3. The van der Waals surface area contributed by atoms with Crippen molar-refractivity contribution < 1.29 is 14.4 Å². The third-order valence-corrected chi connectivity index (χ3v) is 5.93. The van der Waals surface area contributed by atoms with Gasteiger partial charge in [0.2, 0.25) is 11.8 Å². The second-order valence-electron chi connectivity index (χ2n) is 7.98. The van der Waals surface area contributed by atoms with E-state index in [4.69, 9.17) is 0 Å². The van der Waals surface area contributed by atoms with E-state index >= 15 is 0 Å². The molecule has 0 unspecified atom stereocenters. The fraction of sp³-hybridized carbons (Fsp3) is 0.292. The molecule has 0 saturated carbocycles. The van der Waals surface area contributed by atoms with Gasteiger partial charge in [-0.05, 0) is 69.0 Å². The number of amides is 3. The van der Waals surface area contributed by atoms with Gasteiger partial charge in [-0.25, -0.2) is 0 Å². The average Bonchev–Trinajstić information content (AvgIpc) is 2.94. The zero-order valence-corrected chi connectivity index (χ0v) is 16.9. The van der Waals surface area contributed by atoms with Crippen LogP contribution < -0.4 is 10.2 Å². The Kier molecular flexibility index (Phi) is 4.82. The Hall–Kier alpha value is -3.21. The van der Waals surface area contributed by atoms with Crippen molar-refractivity contribution in [3.05, 3.63) is 70.8 Å². The van der Waals surface area contributed by atoms with Crippen LogP contribution in [0.1, 0.15) is 41.3 Å². The first-order valence-corrected chi connectivity index (χ1v) is 9.88. The van der Waals surface area contributed by atoms with Gasteiger partial charge in [0.25, 0.3) is 5.91 Å². The van der Waals surface area contributed by atoms with Crippen molar-refractivity contribution in [3.63, 3.8) is 0 Å². The lowest BCUT2D eigenvalue weighted by Crippen LogP contribution is -2.30. The molecule has 4 rings (SSSR count). The molecule has 1 aliphatic carbocycles. The molecule has 29 heavy (non-hydrogen) atoms. The number of benzene rings is 2. The van der Waals surface area contributed by atoms with E-state index in [9.17, 15) is 14.4 Å². The lowest BCUT2D eigenvalue weighted by atomic mass is 9.82. The molecule has 0 radical (unpaired) electrons. The Balaban J connectivity index is 1.53. The SMILES string of the molecule is CC1=CC[C@@H]2C(=O)N(c3ccc(C(=O)Nc4c(C)cccc4C)cc3)C(=O)[C@@H]2C1. The summed E-state index contributed by atoms with van der Waals surface area (Å²) in [4.78, 5) is 39.6. The fourth-order valence-electron chi connectivity index (χ4n) is 4.25. The Morgan fingerprint density at radius 1 is 0.931 bits per heavy atom. The third kappa shape index (κ3) is 3.37. The van der Waals surface area contributed by atoms with Crippen molar-refractivity contribution in [3.8, 4) is 0 Å². The Bertz CT molecular complexity index is 1020. The number of anilines is 2. The molecule has 148 valence electrons. The molecule has 3 amide bonds. The Morgan fingerprint density at radius 2 is 1.55 bits per heavy atom. The third-order valence-electron chi connectivity index (χ3n) is 5.93. The molecule has 1 N–H and O–H groups in total. The molecule has 1 fully saturated rings. The van der Waals surface area contributed by atoms with Gasteiger partial charge in [-0.2, -0.15) is 0 Å². The minimum absolute atomic E-state index is 0.139. The second-order valence-corrected chi connectivity index (χ2v) is 7.98. The number of carbonyl (C=O) groups is 3. The summed E-state index contributed by atoms with van der Waals surface area (Å²) in [6, 6.07) is 12.5. The highest BCUT2D eigenvalue weighted by atomic mass is 16.2. The van der Waals surface area contributed by atoms with Crippen molar-refractivity contribution in [2.24, 2.45) is 11.8 Å². The van der Waals surface area contributed by atoms with Crippen molar-refractivity contribution in [1.82, 2.24) is 0 Å². The maximum absolute atomic E-state index is 12.8. The summed E-state index contributed by atoms with van der Waals surface area (Å²) in [6.07, 6.45) is 3.31. The summed E-state index contributed by atoms with van der Waals surface area (Å²) < 4.78 is 0. The minimum atomic E-state index is -0.266. The summed E-state index contributed by atoms with van der Waals surface area (Å²) in [5, 5.41) is 2.95. The van der Waals surface area contributed by atoms with Crippen LogP contribution in [0.2, 0.25) is 0 Å². The molecule has 2 aromatic carbocycles. The van der Waals surface area contributed by atoms with E-state index in [1.54, 1.807) is 24.3 Å². The molecular formula is C24H24N2O3. The molecule has 0 bridgehead atoms. The van der Waals surface area contributed by atoms with Crippen LogP contribution in [0.5, 0.6) is 0 Å². The maximum Gasteiger partial charge on any atom is 0.255 e. The van der Waals surface area contributed by atoms with E-state index in [-0.39, 0.29) is 29.6 Å². The van der Waals surface area contributed by atoms with E-state index in [0.717, 1.165) is 22.4 Å². The van der Waals surface area contributed by atoms with Crippen LogP contribution in [-0.2, 0) is 9.59 Å². The number of nitrogens with zero attached hydrogens (tertiary/aromatic N) is 1. The van der Waals surface area contributed by atoms with Crippen molar-refractivity contribution in [2.75, 3.05) is 10.2 Å². The number of hydrogen-bond acceptors (Lipinski definition) is 3. The summed E-state index contributed by atoms with van der Waals surface area (Å²) in [5.41, 5.74) is 4.96. The van der Waals surface area contributed by atoms with Gasteiger partial charge >= 0.3 is 0 Å². The van der Waals surface area contributed by atoms with Gasteiger partial charge in [-0.1, -0.05) is 29.8 Å². The average molecular weight is 388 g/mol. The number of imide groups is 1. The van der Waals surface area contributed by atoms with Crippen LogP contribution in [0.25, 0.3) is 0 Å². The van der Waals surface area contributed by atoms with E-state index in [2.05, 4.69) is 11.4 Å². The first kappa shape index (κ1) is 19.1. The highest BCUT2D eigenvalue weighted by Crippen LogP contribution is 2.39. The quantitative estimate of drug-likeness (QED) is 0.626. The molecule has 5 heteroatoms. The molecule has 0 aromatic heterocycles. The second kappa shape index (κ2) is 7.32. The summed E-state index contributed by atoms with van der Waals surface area (Å²) in [6.45, 7) is 5.90. The minimum Gasteiger partial charge on any atom is -0.322 e. The highest BCUT2D eigenvalue weighted by Gasteiger charge is 2.48. The van der Waals surface area contributed by atoms with E-state index in [1.807, 2.05) is 39.0 Å². The lowest BCUT2D eigenvalue weighted by Gasteiger charge is -2.18. The first-order valence-electron chi connectivity index (χ1n) is 9.88. The van der Waals surface area contributed by atoms with Crippen LogP contribution in [-0.4, -0.2) is 17.7 Å². The maximum atomic E-state index is 12.8. The van der Waals surface area contributed by atoms with Gasteiger partial charge < -0.3 is 5.32 Å².